The molecular weight excluding hydrogens is 446 g/mol. The van der Waals surface area contributed by atoms with Gasteiger partial charge in [0.2, 0.25) is 0 Å². The Morgan fingerprint density at radius 1 is 1.28 bits per heavy atom. The van der Waals surface area contributed by atoms with Gasteiger partial charge in [0.1, 0.15) is 17.6 Å². The Balaban J connectivity index is 1.65. The fraction of sp³-hybridized carbons (Fsp3) is 0.292. The molecule has 4 rings (SSSR count). The number of nitrogens with one attached hydrogen (secondary N) is 1. The van der Waals surface area contributed by atoms with Crippen molar-refractivity contribution >= 4 is 34.9 Å². The van der Waals surface area contributed by atoms with Gasteiger partial charge < -0.3 is 19.4 Å². The van der Waals surface area contributed by atoms with Gasteiger partial charge in [0.05, 0.1) is 18.8 Å². The second-order valence-corrected chi connectivity index (χ2v) is 8.46. The molecule has 1 aliphatic heterocycles. The smallest absolute Gasteiger partial charge is 0.305 e. The van der Waals surface area contributed by atoms with Crippen LogP contribution in [0.5, 0.6) is 0 Å². The average molecular weight is 470 g/mol. The van der Waals surface area contributed by atoms with Crippen molar-refractivity contribution in [1.29, 1.82) is 0 Å². The van der Waals surface area contributed by atoms with E-state index in [-0.39, 0.29) is 18.1 Å². The van der Waals surface area contributed by atoms with Gasteiger partial charge in [0.25, 0.3) is 0 Å². The van der Waals surface area contributed by atoms with Crippen molar-refractivity contribution in [1.82, 2.24) is 15.2 Å². The Morgan fingerprint density at radius 2 is 2.12 bits per heavy atom. The molecule has 2 atom stereocenters. The lowest BCUT2D eigenvalue weighted by atomic mass is 10.0. The normalized spacial score (nSPS) is 18.0. The summed E-state index contributed by atoms with van der Waals surface area (Å²) in [6, 6.07) is 15.2. The molecule has 2 aromatic heterocycles. The van der Waals surface area contributed by atoms with Crippen LogP contribution in [0, 0.1) is 6.92 Å². The number of aryl methyl sites for hydroxylation is 1. The van der Waals surface area contributed by atoms with E-state index in [0.29, 0.717) is 29.5 Å². The van der Waals surface area contributed by atoms with Crippen LogP contribution in [-0.4, -0.2) is 34.6 Å². The van der Waals surface area contributed by atoms with Gasteiger partial charge in [-0.05, 0) is 61.5 Å². The third-order valence-corrected chi connectivity index (χ3v) is 6.34. The number of thiocarbonyl (C=S) groups is 1. The van der Waals surface area contributed by atoms with Crippen LogP contribution in [0.1, 0.15) is 41.9 Å². The largest absolute Gasteiger partial charge is 0.469 e. The molecule has 0 spiro atoms. The first kappa shape index (κ1) is 22.3. The Bertz CT molecular complexity index is 1120. The molecule has 1 aliphatic rings. The van der Waals surface area contributed by atoms with Gasteiger partial charge in [-0.15, -0.1) is 0 Å². The lowest BCUT2D eigenvalue weighted by Gasteiger charge is -2.25. The highest BCUT2D eigenvalue weighted by molar-refractivity contribution is 7.80. The maximum atomic E-state index is 11.6. The summed E-state index contributed by atoms with van der Waals surface area (Å²) in [6.07, 6.45) is 2.70. The Labute approximate surface area is 197 Å². The van der Waals surface area contributed by atoms with Crippen molar-refractivity contribution < 1.29 is 13.9 Å². The number of rotatable bonds is 7. The second kappa shape index (κ2) is 9.71. The van der Waals surface area contributed by atoms with Crippen molar-refractivity contribution in [2.24, 2.45) is 0 Å². The number of carbonyl (C=O) groups excluding carboxylic acids is 1. The van der Waals surface area contributed by atoms with Crippen molar-refractivity contribution in [3.05, 3.63) is 76.8 Å². The molecule has 1 N–H and O–H groups in total. The molecule has 8 heteroatoms. The molecule has 1 aromatic carbocycles. The molecule has 0 radical (unpaired) electrons. The van der Waals surface area contributed by atoms with Gasteiger partial charge in [-0.3, -0.25) is 9.78 Å². The number of hydrogen-bond donors (Lipinski definition) is 1. The van der Waals surface area contributed by atoms with E-state index in [9.17, 15) is 4.79 Å². The van der Waals surface area contributed by atoms with Gasteiger partial charge in [0, 0.05) is 29.7 Å². The number of benzene rings is 1. The van der Waals surface area contributed by atoms with Gasteiger partial charge >= 0.3 is 5.97 Å². The maximum Gasteiger partial charge on any atom is 0.305 e. The number of methoxy groups -OCH3 is 1. The molecular formula is C24H24ClN3O3S. The molecule has 6 nitrogen and oxygen atoms in total. The highest BCUT2D eigenvalue weighted by Gasteiger charge is 2.41. The van der Waals surface area contributed by atoms with Crippen LogP contribution in [0.2, 0.25) is 5.02 Å². The monoisotopic (exact) mass is 469 g/mol. The average Bonchev–Trinajstić information content (AvgIpc) is 3.41. The topological polar surface area (TPSA) is 67.6 Å². The van der Waals surface area contributed by atoms with Crippen LogP contribution < -0.4 is 5.32 Å². The molecule has 3 aromatic rings. The predicted octanol–water partition coefficient (Wildman–Crippen LogP) is 5.23. The summed E-state index contributed by atoms with van der Waals surface area (Å²) in [5.74, 6) is 1.25. The number of aromatic nitrogens is 1. The number of carbonyl (C=O) groups is 1. The minimum absolute atomic E-state index is 0.178. The number of ether oxygens (including phenoxy) is 1. The number of halogens is 1. The summed E-state index contributed by atoms with van der Waals surface area (Å²) >= 11 is 12.0. The highest BCUT2D eigenvalue weighted by Crippen LogP contribution is 2.40. The first-order chi connectivity index (χ1) is 15.5. The number of hydrogen-bond acceptors (Lipinski definition) is 5. The summed E-state index contributed by atoms with van der Waals surface area (Å²) in [5.41, 5.74) is 2.79. The van der Waals surface area contributed by atoms with E-state index in [4.69, 9.17) is 33.0 Å². The first-order valence-electron chi connectivity index (χ1n) is 10.4. The van der Waals surface area contributed by atoms with Crippen molar-refractivity contribution in [2.75, 3.05) is 13.7 Å². The number of nitrogens with zero attached hydrogens (tertiary/aromatic N) is 2. The minimum Gasteiger partial charge on any atom is -0.469 e. The van der Waals surface area contributed by atoms with Crippen LogP contribution in [0.15, 0.2) is 59.1 Å². The van der Waals surface area contributed by atoms with Gasteiger partial charge in [-0.25, -0.2) is 0 Å². The molecule has 0 saturated carbocycles. The van der Waals surface area contributed by atoms with E-state index in [1.807, 2.05) is 55.5 Å². The predicted molar refractivity (Wildman–Crippen MR) is 127 cm³/mol. The molecule has 0 bridgehead atoms. The summed E-state index contributed by atoms with van der Waals surface area (Å²) in [5, 5.41) is 4.68. The van der Waals surface area contributed by atoms with Crippen molar-refractivity contribution in [2.45, 2.75) is 31.8 Å². The zero-order chi connectivity index (χ0) is 22.7. The van der Waals surface area contributed by atoms with E-state index in [1.54, 1.807) is 6.20 Å². The standard InChI is InChI=1S/C24H24ClN3O3S/c1-15-8-9-16(14-17(15)25)19-10-11-20(31-19)23-22(18-6-3-4-12-26-18)27-24(32)28(23)13-5-7-21(29)30-2/h3-4,6,8-12,14,22-23H,5,7,13H2,1-2H3,(H,27,32)/t22-,23+/m1/s1. The number of furan rings is 1. The van der Waals surface area contributed by atoms with Gasteiger partial charge in [0.15, 0.2) is 5.11 Å². The molecule has 0 unspecified atom stereocenters. The first-order valence-corrected chi connectivity index (χ1v) is 11.2. The summed E-state index contributed by atoms with van der Waals surface area (Å²) in [7, 11) is 1.39. The highest BCUT2D eigenvalue weighted by atomic mass is 35.5. The Hall–Kier alpha value is -2.90. The van der Waals surface area contributed by atoms with Crippen molar-refractivity contribution in [3.63, 3.8) is 0 Å². The fourth-order valence-corrected chi connectivity index (χ4v) is 4.38. The van der Waals surface area contributed by atoms with E-state index in [1.165, 1.54) is 7.11 Å². The van der Waals surface area contributed by atoms with Crippen molar-refractivity contribution in [3.8, 4) is 11.3 Å². The number of esters is 1. The van der Waals surface area contributed by atoms with Crippen LogP contribution in [-0.2, 0) is 9.53 Å². The van der Waals surface area contributed by atoms with Gasteiger partial charge in [-0.1, -0.05) is 29.8 Å². The Morgan fingerprint density at radius 3 is 2.84 bits per heavy atom. The van der Waals surface area contributed by atoms with Crippen LogP contribution >= 0.6 is 23.8 Å². The third-order valence-electron chi connectivity index (χ3n) is 5.58. The fourth-order valence-electron chi connectivity index (χ4n) is 3.86. The summed E-state index contributed by atoms with van der Waals surface area (Å²) in [6.45, 7) is 2.55. The summed E-state index contributed by atoms with van der Waals surface area (Å²) in [4.78, 5) is 18.2. The summed E-state index contributed by atoms with van der Waals surface area (Å²) < 4.78 is 11.1. The van der Waals surface area contributed by atoms with Crippen LogP contribution in [0.25, 0.3) is 11.3 Å². The van der Waals surface area contributed by atoms with Crippen LogP contribution in [0.3, 0.4) is 0 Å². The van der Waals surface area contributed by atoms with E-state index < -0.39 is 0 Å². The molecule has 0 aliphatic carbocycles. The van der Waals surface area contributed by atoms with E-state index in [0.717, 1.165) is 28.3 Å². The van der Waals surface area contributed by atoms with E-state index >= 15 is 0 Å². The lowest BCUT2D eigenvalue weighted by molar-refractivity contribution is -0.140. The second-order valence-electron chi connectivity index (χ2n) is 7.67. The molecule has 166 valence electrons. The van der Waals surface area contributed by atoms with E-state index in [2.05, 4.69) is 15.2 Å². The minimum atomic E-state index is -0.238. The molecule has 3 heterocycles. The third kappa shape index (κ3) is 4.64. The molecule has 1 fully saturated rings. The zero-order valence-corrected chi connectivity index (χ0v) is 19.4. The molecule has 32 heavy (non-hydrogen) atoms. The zero-order valence-electron chi connectivity index (χ0n) is 17.9. The van der Waals surface area contributed by atoms with Crippen LogP contribution in [0.4, 0.5) is 0 Å². The maximum absolute atomic E-state index is 11.6. The quantitative estimate of drug-likeness (QED) is 0.375. The Kier molecular flexibility index (Phi) is 6.77. The molecule has 1 saturated heterocycles. The molecule has 0 amide bonds. The SMILES string of the molecule is COC(=O)CCCN1C(=S)N[C@H](c2ccccn2)[C@@H]1c1ccc(-c2ccc(C)c(Cl)c2)o1. The number of pyridine rings is 1. The van der Waals surface area contributed by atoms with Gasteiger partial charge in [-0.2, -0.15) is 0 Å². The lowest BCUT2D eigenvalue weighted by Crippen LogP contribution is -2.30.